The van der Waals surface area contributed by atoms with Crippen LogP contribution in [0.3, 0.4) is 0 Å². The van der Waals surface area contributed by atoms with Crippen LogP contribution in [0.5, 0.6) is 0 Å². The van der Waals surface area contributed by atoms with Gasteiger partial charge in [0.2, 0.25) is 5.79 Å². The van der Waals surface area contributed by atoms with Crippen molar-refractivity contribution >= 4 is 23.4 Å². The first kappa shape index (κ1) is 46.9. The van der Waals surface area contributed by atoms with Crippen LogP contribution in [0.2, 0.25) is 0 Å². The zero-order valence-electron chi connectivity index (χ0n) is 35.4. The highest BCUT2D eigenvalue weighted by atomic mass is 16.7. The minimum Gasteiger partial charge on any atom is -0.456 e. The SMILES string of the molecule is C=CC[C@H]1/C=C(/C)C[C@@H](C)C[C@@H](OC)[C@@H]2O[C@@](O)(C(=O)C(=O)N3CCCC[C@H]3C(=O)O[C@H](/C(C)=C/[C@@H]3CC[C@@H](O)[C@H](OC)C3)[C@@H](C)[C@H](O)CC1=O)[C@H](C)C[C@@H]2OC. The Balaban J connectivity index is 1.78. The number of aliphatic hydroxyl groups is 3. The van der Waals surface area contributed by atoms with Crippen LogP contribution in [0.25, 0.3) is 0 Å². The van der Waals surface area contributed by atoms with Crippen molar-refractivity contribution in [2.75, 3.05) is 27.9 Å². The zero-order chi connectivity index (χ0) is 42.2. The number of piperidine rings is 1. The number of amides is 1. The van der Waals surface area contributed by atoms with Gasteiger partial charge in [0.1, 0.15) is 24.0 Å². The van der Waals surface area contributed by atoms with Crippen LogP contribution < -0.4 is 0 Å². The molecule has 0 aromatic heterocycles. The number of cyclic esters (lactones) is 1. The molecule has 0 spiro atoms. The molecule has 57 heavy (non-hydrogen) atoms. The number of hydrogen-bond donors (Lipinski definition) is 3. The molecule has 0 aromatic rings. The predicted molar refractivity (Wildman–Crippen MR) is 213 cm³/mol. The molecule has 14 atom stereocenters. The third kappa shape index (κ3) is 11.3. The van der Waals surface area contributed by atoms with Crippen molar-refractivity contribution in [3.63, 3.8) is 0 Å². The van der Waals surface area contributed by atoms with Crippen molar-refractivity contribution in [3.05, 3.63) is 36.0 Å². The molecule has 322 valence electrons. The second-order valence-corrected chi connectivity index (χ2v) is 17.3. The Morgan fingerprint density at radius 3 is 2.25 bits per heavy atom. The predicted octanol–water partition coefficient (Wildman–Crippen LogP) is 4.64. The number of aliphatic hydroxyl groups excluding tert-OH is 2. The van der Waals surface area contributed by atoms with Crippen molar-refractivity contribution in [2.45, 2.75) is 160 Å². The van der Waals surface area contributed by atoms with Gasteiger partial charge in [-0.3, -0.25) is 14.4 Å². The van der Waals surface area contributed by atoms with Crippen molar-refractivity contribution in [1.82, 2.24) is 4.90 Å². The lowest BCUT2D eigenvalue weighted by Crippen LogP contribution is -2.64. The fourth-order valence-corrected chi connectivity index (χ4v) is 9.42. The molecule has 1 saturated carbocycles. The van der Waals surface area contributed by atoms with E-state index >= 15 is 0 Å². The normalized spacial score (nSPS) is 41.0. The highest BCUT2D eigenvalue weighted by Crippen LogP contribution is 2.39. The first-order chi connectivity index (χ1) is 27.0. The number of nitrogens with zero attached hydrogens (tertiary/aromatic N) is 1. The standard InChI is InChI=1S/C44H69NO12/c1-10-13-31-19-25(2)18-26(3)20-37(54-8)40-38(55-9)22-28(5)44(52,57-40)41(49)42(50)45-17-12-11-14-32(45)43(51)56-39(29(6)34(47)24-35(31)48)27(4)21-30-15-16-33(46)36(23-30)53-7/h10,19,21,26,28-34,36-40,46-47,52H,1,11-18,20,22-24H2,2-9H3/b25-19-,27-21+/t26-,28-,29+,30+,31+,32+,33-,34-,36-,37-,38+,39-,40+,44-/m1/s1. The molecule has 0 aromatic carbocycles. The number of Topliss-reactive ketones (excluding diaryl/α,β-unsaturated/α-hetero) is 2. The Morgan fingerprint density at radius 1 is 0.930 bits per heavy atom. The summed E-state index contributed by atoms with van der Waals surface area (Å²) in [6.45, 7) is 13.1. The highest BCUT2D eigenvalue weighted by Gasteiger charge is 2.56. The number of carbonyl (C=O) groups excluding carboxylic acids is 4. The van der Waals surface area contributed by atoms with Crippen molar-refractivity contribution in [2.24, 2.45) is 29.6 Å². The van der Waals surface area contributed by atoms with Crippen LogP contribution in [0.4, 0.5) is 0 Å². The Kier molecular flexibility index (Phi) is 17.2. The lowest BCUT2D eigenvalue weighted by molar-refractivity contribution is -0.302. The van der Waals surface area contributed by atoms with Gasteiger partial charge in [0.15, 0.2) is 0 Å². The molecule has 1 amide bonds. The summed E-state index contributed by atoms with van der Waals surface area (Å²) in [4.78, 5) is 57.8. The molecule has 3 fully saturated rings. The summed E-state index contributed by atoms with van der Waals surface area (Å²) in [5.41, 5.74) is 1.61. The number of ketones is 2. The van der Waals surface area contributed by atoms with Gasteiger partial charge in [0.05, 0.1) is 30.5 Å². The van der Waals surface area contributed by atoms with Crippen LogP contribution in [-0.2, 0) is 42.9 Å². The van der Waals surface area contributed by atoms with E-state index in [2.05, 4.69) is 6.58 Å². The maximum Gasteiger partial charge on any atom is 0.329 e. The molecule has 13 nitrogen and oxygen atoms in total. The third-order valence-electron chi connectivity index (χ3n) is 12.9. The van der Waals surface area contributed by atoms with E-state index in [1.165, 1.54) is 19.1 Å². The Bertz CT molecular complexity index is 1480. The summed E-state index contributed by atoms with van der Waals surface area (Å²) >= 11 is 0. The molecule has 0 radical (unpaired) electrons. The van der Waals surface area contributed by atoms with Gasteiger partial charge in [-0.05, 0) is 95.5 Å². The van der Waals surface area contributed by atoms with Crippen LogP contribution in [0, 0.1) is 29.6 Å². The summed E-state index contributed by atoms with van der Waals surface area (Å²) in [7, 11) is 4.61. The maximum absolute atomic E-state index is 14.3. The smallest absolute Gasteiger partial charge is 0.329 e. The number of hydrogen-bond acceptors (Lipinski definition) is 12. The van der Waals surface area contributed by atoms with Crippen molar-refractivity contribution < 1.29 is 58.2 Å². The van der Waals surface area contributed by atoms with Crippen molar-refractivity contribution in [3.8, 4) is 0 Å². The van der Waals surface area contributed by atoms with E-state index in [-0.39, 0.29) is 49.5 Å². The minimum atomic E-state index is -2.51. The molecule has 0 unspecified atom stereocenters. The molecule has 4 aliphatic rings. The topological polar surface area (TPSA) is 178 Å². The number of carbonyl (C=O) groups is 4. The molecule has 2 saturated heterocycles. The van der Waals surface area contributed by atoms with E-state index in [9.17, 15) is 34.5 Å². The van der Waals surface area contributed by atoms with E-state index < -0.39 is 83.9 Å². The van der Waals surface area contributed by atoms with Crippen LogP contribution in [0.15, 0.2) is 36.0 Å². The highest BCUT2D eigenvalue weighted by molar-refractivity contribution is 6.39. The van der Waals surface area contributed by atoms with E-state index in [1.807, 2.05) is 32.9 Å². The second-order valence-electron chi connectivity index (χ2n) is 17.3. The number of methoxy groups -OCH3 is 3. The lowest BCUT2D eigenvalue weighted by Gasteiger charge is -2.47. The second kappa shape index (κ2) is 21.0. The average Bonchev–Trinajstić information content (AvgIpc) is 3.18. The van der Waals surface area contributed by atoms with Gasteiger partial charge in [0.25, 0.3) is 11.7 Å². The maximum atomic E-state index is 14.3. The summed E-state index contributed by atoms with van der Waals surface area (Å²) < 4.78 is 29.7. The van der Waals surface area contributed by atoms with Gasteiger partial charge in [-0.25, -0.2) is 4.79 Å². The van der Waals surface area contributed by atoms with Crippen molar-refractivity contribution in [1.29, 1.82) is 0 Å². The zero-order valence-corrected chi connectivity index (χ0v) is 35.4. The summed E-state index contributed by atoms with van der Waals surface area (Å²) in [6.07, 6.45) is 4.93. The summed E-state index contributed by atoms with van der Waals surface area (Å²) in [6, 6.07) is -1.14. The monoisotopic (exact) mass is 803 g/mol. The molecular weight excluding hydrogens is 734 g/mol. The summed E-state index contributed by atoms with van der Waals surface area (Å²) in [5, 5.41) is 34.1. The Morgan fingerprint density at radius 2 is 1.60 bits per heavy atom. The number of esters is 1. The molecule has 1 aliphatic carbocycles. The average molecular weight is 804 g/mol. The fraction of sp³-hybridized carbons (Fsp3) is 0.773. The largest absolute Gasteiger partial charge is 0.456 e. The van der Waals surface area contributed by atoms with E-state index in [4.69, 9.17) is 23.7 Å². The number of ether oxygens (including phenoxy) is 5. The van der Waals surface area contributed by atoms with E-state index in [0.29, 0.717) is 56.9 Å². The first-order valence-corrected chi connectivity index (χ1v) is 20.9. The van der Waals surface area contributed by atoms with Gasteiger partial charge in [-0.2, -0.15) is 0 Å². The molecular formula is C44H69NO12. The molecule has 3 N–H and O–H groups in total. The molecule has 3 aliphatic heterocycles. The Hall–Kier alpha value is -2.78. The quantitative estimate of drug-likeness (QED) is 0.185. The summed E-state index contributed by atoms with van der Waals surface area (Å²) in [5.74, 6) is -7.76. The van der Waals surface area contributed by atoms with E-state index in [0.717, 1.165) is 5.57 Å². The first-order valence-electron chi connectivity index (χ1n) is 20.9. The van der Waals surface area contributed by atoms with Gasteiger partial charge in [-0.1, -0.05) is 44.6 Å². The van der Waals surface area contributed by atoms with Gasteiger partial charge >= 0.3 is 5.97 Å². The lowest BCUT2D eigenvalue weighted by atomic mass is 9.81. The van der Waals surface area contributed by atoms with Crippen LogP contribution in [0.1, 0.15) is 105 Å². The van der Waals surface area contributed by atoms with Gasteiger partial charge in [-0.15, -0.1) is 6.58 Å². The molecule has 4 rings (SSSR count). The van der Waals surface area contributed by atoms with Gasteiger partial charge < -0.3 is 43.9 Å². The number of rotatable bonds is 7. The van der Waals surface area contributed by atoms with Gasteiger partial charge in [0, 0.05) is 52.0 Å². The fourth-order valence-electron chi connectivity index (χ4n) is 9.42. The molecule has 2 bridgehead atoms. The Labute approximate surface area is 339 Å². The van der Waals surface area contributed by atoms with Crippen LogP contribution in [-0.4, -0.2) is 126 Å². The third-order valence-corrected chi connectivity index (χ3v) is 12.9. The number of allylic oxidation sites excluding steroid dienone is 4. The minimum absolute atomic E-state index is 0.00988. The van der Waals surface area contributed by atoms with E-state index in [1.54, 1.807) is 27.0 Å². The molecule has 3 heterocycles. The molecule has 13 heteroatoms. The van der Waals surface area contributed by atoms with Crippen LogP contribution >= 0.6 is 0 Å². The number of fused-ring (bicyclic) bond motifs is 3.